The number of rotatable bonds is 3. The molecule has 0 aliphatic rings. The predicted molar refractivity (Wildman–Crippen MR) is 99.8 cm³/mol. The Bertz CT molecular complexity index is 1060. The van der Waals surface area contributed by atoms with Gasteiger partial charge in [0.25, 0.3) is 5.91 Å². The van der Waals surface area contributed by atoms with Crippen LogP contribution in [0.1, 0.15) is 16.1 Å². The molecule has 5 nitrogen and oxygen atoms in total. The van der Waals surface area contributed by atoms with Crippen LogP contribution in [0, 0.1) is 6.92 Å². The van der Waals surface area contributed by atoms with E-state index in [9.17, 15) is 4.79 Å². The highest BCUT2D eigenvalue weighted by Crippen LogP contribution is 2.32. The number of hydrogen-bond acceptors (Lipinski definition) is 5. The third-order valence-corrected chi connectivity index (χ3v) is 4.75. The Morgan fingerprint density at radius 3 is 2.76 bits per heavy atom. The Balaban J connectivity index is 1.63. The molecule has 4 aromatic rings. The van der Waals surface area contributed by atoms with Gasteiger partial charge in [0.2, 0.25) is 0 Å². The Morgan fingerprint density at radius 2 is 1.92 bits per heavy atom. The van der Waals surface area contributed by atoms with Gasteiger partial charge in [0.05, 0.1) is 4.88 Å². The van der Waals surface area contributed by atoms with Gasteiger partial charge >= 0.3 is 0 Å². The van der Waals surface area contributed by atoms with Crippen molar-refractivity contribution in [1.82, 2.24) is 15.0 Å². The number of aryl methyl sites for hydroxylation is 1. The van der Waals surface area contributed by atoms with E-state index in [-0.39, 0.29) is 5.91 Å². The second-order valence-corrected chi connectivity index (χ2v) is 6.55. The Kier molecular flexibility index (Phi) is 3.95. The summed E-state index contributed by atoms with van der Waals surface area (Å²) < 4.78 is 0. The summed E-state index contributed by atoms with van der Waals surface area (Å²) in [5, 5.41) is 4.38. The molecule has 3 aromatic heterocycles. The first-order valence-corrected chi connectivity index (χ1v) is 8.57. The van der Waals surface area contributed by atoms with Gasteiger partial charge in [-0.25, -0.2) is 15.0 Å². The zero-order valence-electron chi connectivity index (χ0n) is 13.4. The average molecular weight is 346 g/mol. The topological polar surface area (TPSA) is 67.8 Å². The quantitative estimate of drug-likeness (QED) is 0.600. The van der Waals surface area contributed by atoms with Crippen LogP contribution in [0.5, 0.6) is 0 Å². The molecule has 1 aromatic carbocycles. The van der Waals surface area contributed by atoms with Crippen molar-refractivity contribution in [2.75, 3.05) is 5.32 Å². The van der Waals surface area contributed by atoms with Crippen LogP contribution < -0.4 is 5.32 Å². The van der Waals surface area contributed by atoms with E-state index in [0.717, 1.165) is 27.2 Å². The Morgan fingerprint density at radius 1 is 1.08 bits per heavy atom. The van der Waals surface area contributed by atoms with Crippen LogP contribution >= 0.6 is 11.3 Å². The van der Waals surface area contributed by atoms with Gasteiger partial charge in [0, 0.05) is 34.6 Å². The summed E-state index contributed by atoms with van der Waals surface area (Å²) in [4.78, 5) is 26.3. The number of thiazole rings is 1. The number of aromatic nitrogens is 3. The van der Waals surface area contributed by atoms with Crippen molar-refractivity contribution in [1.29, 1.82) is 0 Å². The number of nitrogens with zero attached hydrogens (tertiary/aromatic N) is 3. The minimum atomic E-state index is -0.168. The lowest BCUT2D eigenvalue weighted by Crippen LogP contribution is -2.11. The first-order valence-electron chi connectivity index (χ1n) is 7.76. The number of hydrogen-bond donors (Lipinski definition) is 1. The molecule has 6 heteroatoms. The normalized spacial score (nSPS) is 10.8. The molecule has 0 unspecified atom stereocenters. The molecule has 3 heterocycles. The monoisotopic (exact) mass is 346 g/mol. The molecule has 0 atom stereocenters. The lowest BCUT2D eigenvalue weighted by atomic mass is 10.1. The number of pyridine rings is 2. The highest BCUT2D eigenvalue weighted by Gasteiger charge is 2.12. The van der Waals surface area contributed by atoms with Crippen LogP contribution in [-0.2, 0) is 0 Å². The van der Waals surface area contributed by atoms with Gasteiger partial charge in [-0.3, -0.25) is 10.1 Å². The fourth-order valence-electron chi connectivity index (χ4n) is 2.56. The maximum Gasteiger partial charge on any atom is 0.257 e. The van der Waals surface area contributed by atoms with E-state index < -0.39 is 0 Å². The van der Waals surface area contributed by atoms with E-state index in [1.165, 1.54) is 11.3 Å². The standard InChI is InChI=1S/C19H14N4OS/c1-12-15(10-14-8-5-9-20-17(14)22-12)16-11-21-19(25-16)23-18(24)13-6-3-2-4-7-13/h2-11H,1H3,(H,21,23,24). The third-order valence-electron chi connectivity index (χ3n) is 3.81. The molecule has 122 valence electrons. The summed E-state index contributed by atoms with van der Waals surface area (Å²) in [5.74, 6) is -0.168. The van der Waals surface area contributed by atoms with E-state index >= 15 is 0 Å². The van der Waals surface area contributed by atoms with Crippen molar-refractivity contribution < 1.29 is 4.79 Å². The molecule has 0 aliphatic carbocycles. The summed E-state index contributed by atoms with van der Waals surface area (Å²) in [5.41, 5.74) is 3.22. The second kappa shape index (κ2) is 6.41. The van der Waals surface area contributed by atoms with Crippen molar-refractivity contribution in [3.8, 4) is 10.4 Å². The summed E-state index contributed by atoms with van der Waals surface area (Å²) in [6.45, 7) is 1.95. The van der Waals surface area contributed by atoms with E-state index in [1.54, 1.807) is 24.5 Å². The molecular formula is C19H14N4OS. The summed E-state index contributed by atoms with van der Waals surface area (Å²) in [7, 11) is 0. The molecule has 0 saturated heterocycles. The van der Waals surface area contributed by atoms with Crippen LogP contribution in [0.3, 0.4) is 0 Å². The Labute approximate surface area is 148 Å². The van der Waals surface area contributed by atoms with Gasteiger partial charge in [0.1, 0.15) is 0 Å². The smallest absolute Gasteiger partial charge is 0.257 e. The lowest BCUT2D eigenvalue weighted by molar-refractivity contribution is 0.102. The Hall–Kier alpha value is -3.12. The molecule has 4 rings (SSSR count). The summed E-state index contributed by atoms with van der Waals surface area (Å²) in [6, 6.07) is 15.0. The third kappa shape index (κ3) is 3.12. The largest absolute Gasteiger partial charge is 0.298 e. The van der Waals surface area contributed by atoms with Gasteiger partial charge < -0.3 is 0 Å². The van der Waals surface area contributed by atoms with Crippen molar-refractivity contribution >= 4 is 33.4 Å². The molecule has 0 radical (unpaired) electrons. The molecule has 1 N–H and O–H groups in total. The average Bonchev–Trinajstić information content (AvgIpc) is 3.10. The van der Waals surface area contributed by atoms with Gasteiger partial charge in [-0.15, -0.1) is 0 Å². The molecule has 1 amide bonds. The van der Waals surface area contributed by atoms with Gasteiger partial charge in [-0.05, 0) is 37.3 Å². The number of fused-ring (bicyclic) bond motifs is 1. The van der Waals surface area contributed by atoms with E-state index in [0.29, 0.717) is 10.7 Å². The van der Waals surface area contributed by atoms with Crippen molar-refractivity contribution in [2.24, 2.45) is 0 Å². The van der Waals surface area contributed by atoms with Gasteiger partial charge in [0.15, 0.2) is 10.8 Å². The molecule has 0 saturated carbocycles. The van der Waals surface area contributed by atoms with Crippen LogP contribution in [0.2, 0.25) is 0 Å². The highest BCUT2D eigenvalue weighted by atomic mass is 32.1. The summed E-state index contributed by atoms with van der Waals surface area (Å²) in [6.07, 6.45) is 3.50. The minimum Gasteiger partial charge on any atom is -0.298 e. The van der Waals surface area contributed by atoms with Crippen LogP contribution in [0.4, 0.5) is 5.13 Å². The zero-order valence-corrected chi connectivity index (χ0v) is 14.2. The minimum absolute atomic E-state index is 0.168. The van der Waals surface area contributed by atoms with E-state index in [1.807, 2.05) is 37.3 Å². The number of carbonyl (C=O) groups excluding carboxylic acids is 1. The molecule has 0 spiro atoms. The second-order valence-electron chi connectivity index (χ2n) is 5.52. The van der Waals surface area contributed by atoms with E-state index in [4.69, 9.17) is 0 Å². The molecule has 25 heavy (non-hydrogen) atoms. The maximum atomic E-state index is 12.2. The first kappa shape index (κ1) is 15.4. The SMILES string of the molecule is Cc1nc2ncccc2cc1-c1cnc(NC(=O)c2ccccc2)s1. The van der Waals surface area contributed by atoms with Crippen molar-refractivity contribution in [2.45, 2.75) is 6.92 Å². The maximum absolute atomic E-state index is 12.2. The van der Waals surface area contributed by atoms with Crippen LogP contribution in [0.25, 0.3) is 21.5 Å². The number of carbonyl (C=O) groups is 1. The number of amides is 1. The zero-order chi connectivity index (χ0) is 17.2. The number of nitrogens with one attached hydrogen (secondary N) is 1. The molecule has 0 aliphatic heterocycles. The number of benzene rings is 1. The van der Waals surface area contributed by atoms with Crippen molar-refractivity contribution in [3.05, 3.63) is 72.2 Å². The summed E-state index contributed by atoms with van der Waals surface area (Å²) >= 11 is 1.43. The predicted octanol–water partition coefficient (Wildman–Crippen LogP) is 4.31. The molecule has 0 bridgehead atoms. The van der Waals surface area contributed by atoms with Gasteiger partial charge in [-0.2, -0.15) is 0 Å². The molecular weight excluding hydrogens is 332 g/mol. The van der Waals surface area contributed by atoms with Crippen LogP contribution in [0.15, 0.2) is 60.9 Å². The van der Waals surface area contributed by atoms with Crippen LogP contribution in [-0.4, -0.2) is 20.9 Å². The molecule has 0 fully saturated rings. The fourth-order valence-corrected chi connectivity index (χ4v) is 3.44. The number of anilines is 1. The first-order chi connectivity index (χ1) is 12.2. The van der Waals surface area contributed by atoms with Crippen molar-refractivity contribution in [3.63, 3.8) is 0 Å². The van der Waals surface area contributed by atoms with Gasteiger partial charge in [-0.1, -0.05) is 29.5 Å². The van der Waals surface area contributed by atoms with E-state index in [2.05, 4.69) is 26.3 Å². The highest BCUT2D eigenvalue weighted by molar-refractivity contribution is 7.19. The lowest BCUT2D eigenvalue weighted by Gasteiger charge is -2.04. The fraction of sp³-hybridized carbons (Fsp3) is 0.0526.